The second-order valence-corrected chi connectivity index (χ2v) is 4.27. The van der Waals surface area contributed by atoms with Crippen LogP contribution in [0.5, 0.6) is 5.75 Å². The number of carbonyl (C=O) groups excluding carboxylic acids is 2. The fourth-order valence-electron chi connectivity index (χ4n) is 1.58. The fourth-order valence-corrected chi connectivity index (χ4v) is 1.58. The van der Waals surface area contributed by atoms with E-state index in [-0.39, 0.29) is 0 Å². The molecule has 0 aliphatic carbocycles. The SMILES string of the molecule is COc1cccc(N(C)C(=O)N[C@@H](CC(N)=O)C(=O)O)c1. The van der Waals surface area contributed by atoms with Crippen molar-refractivity contribution in [2.24, 2.45) is 5.73 Å². The monoisotopic (exact) mass is 295 g/mol. The van der Waals surface area contributed by atoms with E-state index >= 15 is 0 Å². The van der Waals surface area contributed by atoms with Crippen LogP contribution in [0, 0.1) is 0 Å². The molecule has 21 heavy (non-hydrogen) atoms. The summed E-state index contributed by atoms with van der Waals surface area (Å²) in [6.07, 6.45) is -0.479. The summed E-state index contributed by atoms with van der Waals surface area (Å²) in [7, 11) is 2.96. The number of anilines is 1. The Morgan fingerprint density at radius 1 is 1.43 bits per heavy atom. The summed E-state index contributed by atoms with van der Waals surface area (Å²) >= 11 is 0. The third-order valence-electron chi connectivity index (χ3n) is 2.75. The van der Waals surface area contributed by atoms with Gasteiger partial charge in [0.15, 0.2) is 0 Å². The molecule has 0 saturated heterocycles. The molecule has 0 heterocycles. The van der Waals surface area contributed by atoms with Crippen molar-refractivity contribution in [3.63, 3.8) is 0 Å². The van der Waals surface area contributed by atoms with Crippen molar-refractivity contribution in [1.29, 1.82) is 0 Å². The van der Waals surface area contributed by atoms with Gasteiger partial charge in [-0.15, -0.1) is 0 Å². The zero-order valence-electron chi connectivity index (χ0n) is 11.7. The number of carboxylic acid groups (broad SMARTS) is 1. The largest absolute Gasteiger partial charge is 0.497 e. The molecule has 1 atom stereocenters. The second kappa shape index (κ2) is 7.13. The van der Waals surface area contributed by atoms with Crippen LogP contribution in [0.25, 0.3) is 0 Å². The molecule has 8 heteroatoms. The molecule has 1 rings (SSSR count). The number of ether oxygens (including phenoxy) is 1. The average Bonchev–Trinajstić information content (AvgIpc) is 2.45. The van der Waals surface area contributed by atoms with E-state index < -0.39 is 30.4 Å². The minimum Gasteiger partial charge on any atom is -0.497 e. The van der Waals surface area contributed by atoms with Crippen molar-refractivity contribution >= 4 is 23.6 Å². The van der Waals surface area contributed by atoms with Gasteiger partial charge in [-0.25, -0.2) is 9.59 Å². The van der Waals surface area contributed by atoms with E-state index in [2.05, 4.69) is 5.32 Å². The number of hydrogen-bond donors (Lipinski definition) is 3. The molecular weight excluding hydrogens is 278 g/mol. The maximum atomic E-state index is 12.0. The van der Waals surface area contributed by atoms with E-state index in [4.69, 9.17) is 15.6 Å². The first-order valence-electron chi connectivity index (χ1n) is 6.04. The van der Waals surface area contributed by atoms with E-state index in [0.717, 1.165) is 0 Å². The third kappa shape index (κ3) is 4.68. The Bertz CT molecular complexity index is 546. The highest BCUT2D eigenvalue weighted by atomic mass is 16.5. The van der Waals surface area contributed by atoms with Crippen LogP contribution in [-0.2, 0) is 9.59 Å². The lowest BCUT2D eigenvalue weighted by Gasteiger charge is -2.21. The Morgan fingerprint density at radius 3 is 2.62 bits per heavy atom. The predicted octanol–water partition coefficient (Wildman–Crippen LogP) is 0.170. The Balaban J connectivity index is 2.81. The Morgan fingerprint density at radius 2 is 2.10 bits per heavy atom. The molecule has 0 unspecified atom stereocenters. The first-order valence-corrected chi connectivity index (χ1v) is 6.04. The number of carbonyl (C=O) groups is 3. The number of carboxylic acids is 1. The topological polar surface area (TPSA) is 122 Å². The Hall–Kier alpha value is -2.77. The van der Waals surface area contributed by atoms with Crippen molar-refractivity contribution in [1.82, 2.24) is 5.32 Å². The maximum absolute atomic E-state index is 12.0. The number of nitrogens with one attached hydrogen (secondary N) is 1. The Kier molecular flexibility index (Phi) is 5.53. The van der Waals surface area contributed by atoms with E-state index in [0.29, 0.717) is 11.4 Å². The minimum atomic E-state index is -1.37. The van der Waals surface area contributed by atoms with Gasteiger partial charge in [0.05, 0.1) is 13.5 Å². The zero-order valence-corrected chi connectivity index (χ0v) is 11.7. The number of urea groups is 1. The highest BCUT2D eigenvalue weighted by Crippen LogP contribution is 2.19. The van der Waals surface area contributed by atoms with E-state index in [9.17, 15) is 14.4 Å². The van der Waals surface area contributed by atoms with E-state index in [1.165, 1.54) is 19.1 Å². The predicted molar refractivity (Wildman–Crippen MR) is 75.2 cm³/mol. The van der Waals surface area contributed by atoms with Crippen molar-refractivity contribution in [2.75, 3.05) is 19.1 Å². The lowest BCUT2D eigenvalue weighted by atomic mass is 10.2. The smallest absolute Gasteiger partial charge is 0.326 e. The van der Waals surface area contributed by atoms with Gasteiger partial charge in [-0.05, 0) is 12.1 Å². The quantitative estimate of drug-likeness (QED) is 0.690. The number of primary amides is 1. The number of nitrogens with zero attached hydrogens (tertiary/aromatic N) is 1. The summed E-state index contributed by atoms with van der Waals surface area (Å²) in [6.45, 7) is 0. The van der Waals surface area contributed by atoms with E-state index in [1.54, 1.807) is 24.3 Å². The summed E-state index contributed by atoms with van der Waals surface area (Å²) in [5, 5.41) is 11.2. The van der Waals surface area contributed by atoms with Crippen LogP contribution < -0.4 is 20.7 Å². The van der Waals surface area contributed by atoms with Crippen molar-refractivity contribution in [2.45, 2.75) is 12.5 Å². The third-order valence-corrected chi connectivity index (χ3v) is 2.75. The van der Waals surface area contributed by atoms with Crippen LogP contribution in [-0.4, -0.2) is 43.2 Å². The van der Waals surface area contributed by atoms with Crippen LogP contribution in [0.1, 0.15) is 6.42 Å². The molecule has 0 aromatic heterocycles. The van der Waals surface area contributed by atoms with Gasteiger partial charge in [0.25, 0.3) is 0 Å². The molecule has 1 aromatic rings. The van der Waals surface area contributed by atoms with Crippen LogP contribution in [0.3, 0.4) is 0 Å². The van der Waals surface area contributed by atoms with Gasteiger partial charge in [0.2, 0.25) is 5.91 Å². The van der Waals surface area contributed by atoms with Gasteiger partial charge in [-0.3, -0.25) is 9.69 Å². The van der Waals surface area contributed by atoms with Crippen LogP contribution in [0.4, 0.5) is 10.5 Å². The second-order valence-electron chi connectivity index (χ2n) is 4.27. The number of aliphatic carboxylic acids is 1. The number of methoxy groups -OCH3 is 1. The number of amides is 3. The summed E-state index contributed by atoms with van der Waals surface area (Å²) in [4.78, 5) is 35.0. The van der Waals surface area contributed by atoms with Gasteiger partial charge >= 0.3 is 12.0 Å². The van der Waals surface area contributed by atoms with Gasteiger partial charge in [0, 0.05) is 18.8 Å². The highest BCUT2D eigenvalue weighted by molar-refractivity contribution is 5.95. The number of hydrogen-bond acceptors (Lipinski definition) is 4. The van der Waals surface area contributed by atoms with Crippen LogP contribution in [0.2, 0.25) is 0 Å². The van der Waals surface area contributed by atoms with Crippen molar-refractivity contribution < 1.29 is 24.2 Å². The van der Waals surface area contributed by atoms with Crippen molar-refractivity contribution in [3.05, 3.63) is 24.3 Å². The number of nitrogens with two attached hydrogens (primary N) is 1. The minimum absolute atomic E-state index is 0.479. The Labute approximate surface area is 121 Å². The van der Waals surface area contributed by atoms with Crippen LogP contribution >= 0.6 is 0 Å². The van der Waals surface area contributed by atoms with Gasteiger partial charge < -0.3 is 20.9 Å². The summed E-state index contributed by atoms with van der Waals surface area (Å²) in [6, 6.07) is 4.63. The lowest BCUT2D eigenvalue weighted by Crippen LogP contribution is -2.48. The molecule has 0 fully saturated rings. The lowest BCUT2D eigenvalue weighted by molar-refractivity contribution is -0.140. The first kappa shape index (κ1) is 16.3. The van der Waals surface area contributed by atoms with Gasteiger partial charge in [0.1, 0.15) is 11.8 Å². The maximum Gasteiger partial charge on any atom is 0.326 e. The molecule has 0 spiro atoms. The standard InChI is InChI=1S/C13H17N3O5/c1-16(8-4-3-5-9(6-8)21-2)13(20)15-10(12(18)19)7-11(14)17/h3-6,10H,7H2,1-2H3,(H2,14,17)(H,15,20)(H,18,19)/t10-/m0/s1. The molecule has 3 amide bonds. The normalized spacial score (nSPS) is 11.3. The summed E-state index contributed by atoms with van der Waals surface area (Å²) < 4.78 is 5.04. The summed E-state index contributed by atoms with van der Waals surface area (Å²) in [5.74, 6) is -1.59. The van der Waals surface area contributed by atoms with E-state index in [1.807, 2.05) is 0 Å². The molecule has 0 aliphatic heterocycles. The molecule has 114 valence electrons. The zero-order chi connectivity index (χ0) is 16.0. The molecule has 0 radical (unpaired) electrons. The molecule has 1 aromatic carbocycles. The number of rotatable bonds is 6. The van der Waals surface area contributed by atoms with Gasteiger partial charge in [-0.1, -0.05) is 6.07 Å². The highest BCUT2D eigenvalue weighted by Gasteiger charge is 2.24. The molecule has 8 nitrogen and oxygen atoms in total. The molecule has 0 bridgehead atoms. The average molecular weight is 295 g/mol. The molecule has 0 saturated carbocycles. The van der Waals surface area contributed by atoms with Crippen molar-refractivity contribution in [3.8, 4) is 5.75 Å². The number of benzene rings is 1. The molecule has 4 N–H and O–H groups in total. The molecule has 0 aliphatic rings. The summed E-state index contributed by atoms with van der Waals surface area (Å²) in [5.41, 5.74) is 5.46. The van der Waals surface area contributed by atoms with Crippen LogP contribution in [0.15, 0.2) is 24.3 Å². The first-order chi connectivity index (χ1) is 9.85. The fraction of sp³-hybridized carbons (Fsp3) is 0.308. The van der Waals surface area contributed by atoms with Gasteiger partial charge in [-0.2, -0.15) is 0 Å². The molecular formula is C13H17N3O5.